The lowest BCUT2D eigenvalue weighted by Crippen LogP contribution is -2.25. The summed E-state index contributed by atoms with van der Waals surface area (Å²) in [6.07, 6.45) is -4.36. The van der Waals surface area contributed by atoms with Gasteiger partial charge in [0.25, 0.3) is 0 Å². The summed E-state index contributed by atoms with van der Waals surface area (Å²) < 4.78 is 44.5. The van der Waals surface area contributed by atoms with Crippen molar-refractivity contribution < 1.29 is 17.9 Å². The Hall–Kier alpha value is -2.52. The normalized spacial score (nSPS) is 11.3. The molecule has 0 saturated carbocycles. The van der Waals surface area contributed by atoms with E-state index in [2.05, 4.69) is 0 Å². The van der Waals surface area contributed by atoms with Crippen LogP contribution in [0.15, 0.2) is 48.5 Å². The molecule has 0 aromatic heterocycles. The summed E-state index contributed by atoms with van der Waals surface area (Å²) in [5, 5.41) is 8.98. The van der Waals surface area contributed by atoms with Crippen LogP contribution in [0.25, 0.3) is 0 Å². The molecule has 0 atom stereocenters. The van der Waals surface area contributed by atoms with Crippen LogP contribution in [0.5, 0.6) is 5.75 Å². The molecule has 6 heteroatoms. The van der Waals surface area contributed by atoms with E-state index < -0.39 is 11.7 Å². The van der Waals surface area contributed by atoms with Gasteiger partial charge in [0, 0.05) is 13.1 Å². The molecular formula is C18H17F3N2O. The minimum Gasteiger partial charge on any atom is -0.491 e. The van der Waals surface area contributed by atoms with Crippen molar-refractivity contribution in [1.29, 1.82) is 5.26 Å². The van der Waals surface area contributed by atoms with Crippen LogP contribution in [0.3, 0.4) is 0 Å². The Morgan fingerprint density at radius 2 is 1.75 bits per heavy atom. The van der Waals surface area contributed by atoms with Gasteiger partial charge in [-0.05, 0) is 30.8 Å². The molecule has 0 aliphatic heterocycles. The second kappa shape index (κ2) is 7.84. The number of alkyl halides is 3. The SMILES string of the molecule is CN(CCOc1ccccc1C#N)Cc1ccccc1C(F)(F)F. The van der Waals surface area contributed by atoms with E-state index in [1.165, 1.54) is 12.1 Å². The quantitative estimate of drug-likeness (QED) is 0.798. The summed E-state index contributed by atoms with van der Waals surface area (Å²) >= 11 is 0. The van der Waals surface area contributed by atoms with Crippen LogP contribution in [0.4, 0.5) is 13.2 Å². The standard InChI is InChI=1S/C18H17F3N2O/c1-23(10-11-24-17-9-5-3-6-14(17)12-22)13-15-7-2-4-8-16(15)18(19,20)21/h2-9H,10-11,13H2,1H3. The zero-order valence-corrected chi connectivity index (χ0v) is 13.2. The maximum Gasteiger partial charge on any atom is 0.416 e. The highest BCUT2D eigenvalue weighted by Gasteiger charge is 2.32. The third-order valence-electron chi connectivity index (χ3n) is 3.50. The lowest BCUT2D eigenvalue weighted by Gasteiger charge is -2.20. The first kappa shape index (κ1) is 17.8. The number of nitrogens with zero attached hydrogens (tertiary/aromatic N) is 2. The Bertz CT molecular complexity index is 723. The van der Waals surface area contributed by atoms with E-state index in [1.54, 1.807) is 42.3 Å². The predicted molar refractivity (Wildman–Crippen MR) is 84.4 cm³/mol. The number of nitriles is 1. The summed E-state index contributed by atoms with van der Waals surface area (Å²) in [6.45, 7) is 0.883. The van der Waals surface area contributed by atoms with E-state index in [1.807, 2.05) is 6.07 Å². The maximum atomic E-state index is 13.0. The third kappa shape index (κ3) is 4.74. The molecule has 2 aromatic rings. The molecule has 0 amide bonds. The van der Waals surface area contributed by atoms with Crippen molar-refractivity contribution in [3.05, 3.63) is 65.2 Å². The second-order valence-electron chi connectivity index (χ2n) is 5.35. The fourth-order valence-corrected chi connectivity index (χ4v) is 2.30. The average Bonchev–Trinajstić information content (AvgIpc) is 2.55. The van der Waals surface area contributed by atoms with Crippen LogP contribution in [-0.2, 0) is 12.7 Å². The van der Waals surface area contributed by atoms with Crippen molar-refractivity contribution in [1.82, 2.24) is 4.90 Å². The summed E-state index contributed by atoms with van der Waals surface area (Å²) in [6, 6.07) is 14.4. The molecule has 3 nitrogen and oxygen atoms in total. The smallest absolute Gasteiger partial charge is 0.416 e. The number of ether oxygens (including phenoxy) is 1. The van der Waals surface area contributed by atoms with Crippen LogP contribution in [0.2, 0.25) is 0 Å². The van der Waals surface area contributed by atoms with Gasteiger partial charge in [0.2, 0.25) is 0 Å². The van der Waals surface area contributed by atoms with E-state index in [-0.39, 0.29) is 18.7 Å². The first-order valence-corrected chi connectivity index (χ1v) is 7.37. The Kier molecular flexibility index (Phi) is 5.83. The number of hydrogen-bond acceptors (Lipinski definition) is 3. The van der Waals surface area contributed by atoms with Crippen LogP contribution in [0, 0.1) is 11.3 Å². The minimum atomic E-state index is -4.36. The van der Waals surface area contributed by atoms with Crippen molar-refractivity contribution in [3.8, 4) is 11.8 Å². The zero-order chi connectivity index (χ0) is 17.6. The van der Waals surface area contributed by atoms with Gasteiger partial charge in [-0.3, -0.25) is 4.90 Å². The molecule has 0 fully saturated rings. The lowest BCUT2D eigenvalue weighted by molar-refractivity contribution is -0.138. The van der Waals surface area contributed by atoms with Gasteiger partial charge in [-0.2, -0.15) is 18.4 Å². The Morgan fingerprint density at radius 1 is 1.08 bits per heavy atom. The average molecular weight is 334 g/mol. The molecular weight excluding hydrogens is 317 g/mol. The van der Waals surface area contributed by atoms with Crippen molar-refractivity contribution in [3.63, 3.8) is 0 Å². The molecule has 0 saturated heterocycles. The van der Waals surface area contributed by atoms with Gasteiger partial charge >= 0.3 is 6.18 Å². The van der Waals surface area contributed by atoms with Gasteiger partial charge in [-0.25, -0.2) is 0 Å². The number of para-hydroxylation sites is 1. The summed E-state index contributed by atoms with van der Waals surface area (Å²) in [5.41, 5.74) is 0.0417. The molecule has 0 unspecified atom stereocenters. The second-order valence-corrected chi connectivity index (χ2v) is 5.35. The fraction of sp³-hybridized carbons (Fsp3) is 0.278. The molecule has 0 radical (unpaired) electrons. The number of benzene rings is 2. The van der Waals surface area contributed by atoms with Gasteiger partial charge in [0.15, 0.2) is 0 Å². The van der Waals surface area contributed by atoms with Gasteiger partial charge in [-0.15, -0.1) is 0 Å². The zero-order valence-electron chi connectivity index (χ0n) is 13.2. The fourth-order valence-electron chi connectivity index (χ4n) is 2.30. The topological polar surface area (TPSA) is 36.3 Å². The largest absolute Gasteiger partial charge is 0.491 e. The van der Waals surface area contributed by atoms with Gasteiger partial charge in [0.1, 0.15) is 18.4 Å². The molecule has 2 rings (SSSR count). The van der Waals surface area contributed by atoms with E-state index >= 15 is 0 Å². The van der Waals surface area contributed by atoms with Crippen LogP contribution >= 0.6 is 0 Å². The molecule has 0 spiro atoms. The van der Waals surface area contributed by atoms with Crippen molar-refractivity contribution >= 4 is 0 Å². The molecule has 2 aromatic carbocycles. The Labute approximate surface area is 138 Å². The van der Waals surface area contributed by atoms with Crippen LogP contribution in [0.1, 0.15) is 16.7 Å². The van der Waals surface area contributed by atoms with Gasteiger partial charge in [0.05, 0.1) is 11.1 Å². The highest BCUT2D eigenvalue weighted by atomic mass is 19.4. The van der Waals surface area contributed by atoms with Crippen molar-refractivity contribution in [2.45, 2.75) is 12.7 Å². The molecule has 0 aliphatic carbocycles. The van der Waals surface area contributed by atoms with E-state index in [4.69, 9.17) is 10.00 Å². The van der Waals surface area contributed by atoms with Gasteiger partial charge < -0.3 is 4.74 Å². The summed E-state index contributed by atoms with van der Waals surface area (Å²) in [4.78, 5) is 1.75. The third-order valence-corrected chi connectivity index (χ3v) is 3.50. The predicted octanol–water partition coefficient (Wildman–Crippen LogP) is 4.09. The van der Waals surface area contributed by atoms with Crippen molar-refractivity contribution in [2.24, 2.45) is 0 Å². The number of likely N-dealkylation sites (N-methyl/N-ethyl adjacent to an activating group) is 1. The van der Waals surface area contributed by atoms with Crippen LogP contribution in [-0.4, -0.2) is 25.1 Å². The highest BCUT2D eigenvalue weighted by Crippen LogP contribution is 2.32. The highest BCUT2D eigenvalue weighted by molar-refractivity contribution is 5.42. The molecule has 0 N–H and O–H groups in total. The van der Waals surface area contributed by atoms with E-state index in [9.17, 15) is 13.2 Å². The Balaban J connectivity index is 1.93. The molecule has 24 heavy (non-hydrogen) atoms. The lowest BCUT2D eigenvalue weighted by atomic mass is 10.1. The van der Waals surface area contributed by atoms with Crippen LogP contribution < -0.4 is 4.74 Å². The Morgan fingerprint density at radius 3 is 2.46 bits per heavy atom. The van der Waals surface area contributed by atoms with E-state index in [0.29, 0.717) is 17.9 Å². The number of halogens is 3. The number of hydrogen-bond donors (Lipinski definition) is 0. The molecule has 0 bridgehead atoms. The summed E-state index contributed by atoms with van der Waals surface area (Å²) in [7, 11) is 1.73. The van der Waals surface area contributed by atoms with Gasteiger partial charge in [-0.1, -0.05) is 30.3 Å². The molecule has 126 valence electrons. The molecule has 0 heterocycles. The number of rotatable bonds is 6. The summed E-state index contributed by atoms with van der Waals surface area (Å²) in [5.74, 6) is 0.476. The van der Waals surface area contributed by atoms with Crippen molar-refractivity contribution in [2.75, 3.05) is 20.2 Å². The first-order chi connectivity index (χ1) is 11.4. The molecule has 0 aliphatic rings. The minimum absolute atomic E-state index is 0.166. The van der Waals surface area contributed by atoms with E-state index in [0.717, 1.165) is 6.07 Å². The first-order valence-electron chi connectivity index (χ1n) is 7.37. The maximum absolute atomic E-state index is 13.0. The monoisotopic (exact) mass is 334 g/mol.